The van der Waals surface area contributed by atoms with Crippen molar-refractivity contribution in [2.75, 3.05) is 25.9 Å². The molecule has 1 aromatic carbocycles. The number of carbonyl (C=O) groups excluding carboxylic acids is 2. The zero-order valence-corrected chi connectivity index (χ0v) is 12.9. The van der Waals surface area contributed by atoms with Crippen LogP contribution >= 0.6 is 23.2 Å². The Morgan fingerprint density at radius 2 is 1.85 bits per heavy atom. The van der Waals surface area contributed by atoms with Gasteiger partial charge in [0, 0.05) is 19.2 Å². The van der Waals surface area contributed by atoms with E-state index in [4.69, 9.17) is 28.9 Å². The first kappa shape index (κ1) is 16.6. The molecule has 0 aliphatic heterocycles. The molecule has 20 heavy (non-hydrogen) atoms. The Hall–Kier alpha value is -1.46. The van der Waals surface area contributed by atoms with Crippen LogP contribution in [0.3, 0.4) is 0 Å². The minimum Gasteiger partial charge on any atom is -0.396 e. The van der Waals surface area contributed by atoms with E-state index in [-0.39, 0.29) is 34.1 Å². The summed E-state index contributed by atoms with van der Waals surface area (Å²) in [7, 11) is 1.53. The van der Waals surface area contributed by atoms with Gasteiger partial charge in [0.1, 0.15) is 0 Å². The van der Waals surface area contributed by atoms with Crippen LogP contribution in [0.15, 0.2) is 12.1 Å². The Bertz CT molecular complexity index is 497. The number of amides is 2. The first-order chi connectivity index (χ1) is 9.36. The molecule has 0 fully saturated rings. The number of hydrogen-bond acceptors (Lipinski definition) is 3. The average molecular weight is 318 g/mol. The number of nitrogens with zero attached hydrogens (tertiary/aromatic N) is 1. The van der Waals surface area contributed by atoms with Crippen LogP contribution < -0.4 is 11.1 Å². The van der Waals surface area contributed by atoms with Crippen LogP contribution in [0, 0.1) is 0 Å². The number of halogens is 2. The highest BCUT2D eigenvalue weighted by atomic mass is 35.5. The molecule has 0 radical (unpaired) electrons. The molecule has 0 aliphatic carbocycles. The highest BCUT2D eigenvalue weighted by molar-refractivity contribution is 6.39. The third-order valence-electron chi connectivity index (χ3n) is 2.63. The normalized spacial score (nSPS) is 10.2. The van der Waals surface area contributed by atoms with E-state index in [1.165, 1.54) is 24.1 Å². The van der Waals surface area contributed by atoms with Gasteiger partial charge in [-0.15, -0.1) is 0 Å². The molecule has 0 unspecified atom stereocenters. The maximum atomic E-state index is 12.2. The molecule has 0 aliphatic rings. The Balaban J connectivity index is 2.77. The quantitative estimate of drug-likeness (QED) is 0.817. The fourth-order valence-corrected chi connectivity index (χ4v) is 2.02. The van der Waals surface area contributed by atoms with Crippen molar-refractivity contribution in [2.45, 2.75) is 13.3 Å². The Labute approximate surface area is 128 Å². The maximum absolute atomic E-state index is 12.2. The van der Waals surface area contributed by atoms with Crippen LogP contribution in [0.2, 0.25) is 10.0 Å². The van der Waals surface area contributed by atoms with Crippen LogP contribution in [0.1, 0.15) is 23.7 Å². The van der Waals surface area contributed by atoms with E-state index in [0.29, 0.717) is 12.1 Å². The average Bonchev–Trinajstić information content (AvgIpc) is 2.40. The summed E-state index contributed by atoms with van der Waals surface area (Å²) in [6.45, 7) is 2.51. The molecule has 0 heterocycles. The molecule has 0 bridgehead atoms. The Morgan fingerprint density at radius 1 is 1.30 bits per heavy atom. The van der Waals surface area contributed by atoms with Gasteiger partial charge in [-0.25, -0.2) is 0 Å². The fraction of sp³-hybridized carbons (Fsp3) is 0.385. The first-order valence-corrected chi connectivity index (χ1v) is 6.89. The molecule has 1 rings (SSSR count). The van der Waals surface area contributed by atoms with Crippen molar-refractivity contribution in [3.8, 4) is 0 Å². The molecule has 5 nitrogen and oxygen atoms in total. The summed E-state index contributed by atoms with van der Waals surface area (Å²) in [4.78, 5) is 25.0. The van der Waals surface area contributed by atoms with E-state index in [9.17, 15) is 9.59 Å². The summed E-state index contributed by atoms with van der Waals surface area (Å²) in [5, 5.41) is 3.12. The lowest BCUT2D eigenvalue weighted by Crippen LogP contribution is -2.38. The highest BCUT2D eigenvalue weighted by Crippen LogP contribution is 2.29. The number of nitrogen functional groups attached to an aromatic ring is 1. The molecule has 0 aromatic heterocycles. The van der Waals surface area contributed by atoms with Crippen LogP contribution in [-0.4, -0.2) is 36.9 Å². The van der Waals surface area contributed by atoms with Gasteiger partial charge in [-0.2, -0.15) is 0 Å². The smallest absolute Gasteiger partial charge is 0.254 e. The predicted molar refractivity (Wildman–Crippen MR) is 81.1 cm³/mol. The number of nitrogens with two attached hydrogens (primary N) is 1. The van der Waals surface area contributed by atoms with Gasteiger partial charge >= 0.3 is 0 Å². The summed E-state index contributed by atoms with van der Waals surface area (Å²) in [6.07, 6.45) is 0.840. The summed E-state index contributed by atoms with van der Waals surface area (Å²) >= 11 is 11.8. The second kappa shape index (κ2) is 7.36. The minimum atomic E-state index is -0.347. The molecule has 0 atom stereocenters. The van der Waals surface area contributed by atoms with Gasteiger partial charge in [0.05, 0.1) is 22.3 Å². The molecule has 7 heteroatoms. The molecular formula is C13H17Cl2N3O2. The monoisotopic (exact) mass is 317 g/mol. The van der Waals surface area contributed by atoms with Crippen molar-refractivity contribution in [2.24, 2.45) is 0 Å². The number of benzene rings is 1. The number of carbonyl (C=O) groups is 2. The van der Waals surface area contributed by atoms with Crippen molar-refractivity contribution in [1.29, 1.82) is 0 Å². The Morgan fingerprint density at radius 3 is 2.35 bits per heavy atom. The van der Waals surface area contributed by atoms with Crippen LogP contribution in [-0.2, 0) is 4.79 Å². The molecule has 0 saturated carbocycles. The summed E-state index contributed by atoms with van der Waals surface area (Å²) in [5.74, 6) is -0.559. The standard InChI is InChI=1S/C13H17Cl2N3O2/c1-3-4-17-11(19)7-18(2)13(20)8-5-9(14)12(16)10(15)6-8/h5-6H,3-4,7,16H2,1-2H3,(H,17,19). The number of anilines is 1. The molecule has 0 saturated heterocycles. The minimum absolute atomic E-state index is 0.0293. The van der Waals surface area contributed by atoms with E-state index in [2.05, 4.69) is 5.32 Å². The maximum Gasteiger partial charge on any atom is 0.254 e. The van der Waals surface area contributed by atoms with Gasteiger partial charge in [0.15, 0.2) is 0 Å². The topological polar surface area (TPSA) is 75.4 Å². The lowest BCUT2D eigenvalue weighted by atomic mass is 10.2. The second-order valence-electron chi connectivity index (χ2n) is 4.36. The van der Waals surface area contributed by atoms with Gasteiger partial charge < -0.3 is 16.0 Å². The molecular weight excluding hydrogens is 301 g/mol. The van der Waals surface area contributed by atoms with Gasteiger partial charge in [-0.3, -0.25) is 9.59 Å². The van der Waals surface area contributed by atoms with Crippen molar-refractivity contribution < 1.29 is 9.59 Å². The van der Waals surface area contributed by atoms with Gasteiger partial charge in [0.25, 0.3) is 5.91 Å². The van der Waals surface area contributed by atoms with E-state index < -0.39 is 0 Å². The van der Waals surface area contributed by atoms with Gasteiger partial charge in [-0.1, -0.05) is 30.1 Å². The summed E-state index contributed by atoms with van der Waals surface area (Å²) < 4.78 is 0. The molecule has 0 spiro atoms. The predicted octanol–water partition coefficient (Wildman–Crippen LogP) is 2.17. The van der Waals surface area contributed by atoms with Crippen LogP contribution in [0.4, 0.5) is 5.69 Å². The van der Waals surface area contributed by atoms with Gasteiger partial charge in [-0.05, 0) is 18.6 Å². The number of hydrogen-bond donors (Lipinski definition) is 2. The van der Waals surface area contributed by atoms with Crippen molar-refractivity contribution in [1.82, 2.24) is 10.2 Å². The van der Waals surface area contributed by atoms with E-state index >= 15 is 0 Å². The van der Waals surface area contributed by atoms with Crippen molar-refractivity contribution in [3.05, 3.63) is 27.7 Å². The van der Waals surface area contributed by atoms with E-state index in [1.54, 1.807) is 0 Å². The second-order valence-corrected chi connectivity index (χ2v) is 5.18. The van der Waals surface area contributed by atoms with Crippen LogP contribution in [0.5, 0.6) is 0 Å². The van der Waals surface area contributed by atoms with Gasteiger partial charge in [0.2, 0.25) is 5.91 Å². The largest absolute Gasteiger partial charge is 0.396 e. The molecule has 3 N–H and O–H groups in total. The molecule has 110 valence electrons. The van der Waals surface area contributed by atoms with E-state index in [1.807, 2.05) is 6.92 Å². The van der Waals surface area contributed by atoms with Crippen LogP contribution in [0.25, 0.3) is 0 Å². The lowest BCUT2D eigenvalue weighted by Gasteiger charge is -2.17. The third-order valence-corrected chi connectivity index (χ3v) is 3.25. The summed E-state index contributed by atoms with van der Waals surface area (Å²) in [5.41, 5.74) is 6.13. The number of likely N-dealkylation sites (N-methyl/N-ethyl adjacent to an activating group) is 1. The summed E-state index contributed by atoms with van der Waals surface area (Å²) in [6, 6.07) is 2.87. The molecule has 2 amide bonds. The first-order valence-electron chi connectivity index (χ1n) is 6.13. The lowest BCUT2D eigenvalue weighted by molar-refractivity contribution is -0.121. The Kier molecular flexibility index (Phi) is 6.10. The third kappa shape index (κ3) is 4.28. The van der Waals surface area contributed by atoms with Crippen molar-refractivity contribution in [3.63, 3.8) is 0 Å². The fourth-order valence-electron chi connectivity index (χ4n) is 1.54. The zero-order chi connectivity index (χ0) is 15.3. The SMILES string of the molecule is CCCNC(=O)CN(C)C(=O)c1cc(Cl)c(N)c(Cl)c1. The highest BCUT2D eigenvalue weighted by Gasteiger charge is 2.17. The van der Waals surface area contributed by atoms with Crippen molar-refractivity contribution >= 4 is 40.7 Å². The number of nitrogens with one attached hydrogen (secondary N) is 1. The molecule has 1 aromatic rings. The van der Waals surface area contributed by atoms with E-state index in [0.717, 1.165) is 6.42 Å². The zero-order valence-electron chi connectivity index (χ0n) is 11.4. The number of rotatable bonds is 5.